The highest BCUT2D eigenvalue weighted by Gasteiger charge is 2.31. The number of fused-ring (bicyclic) bond motifs is 3. The van der Waals surface area contributed by atoms with Crippen molar-refractivity contribution in [2.45, 2.75) is 13.0 Å². The maximum absolute atomic E-state index is 13.1. The highest BCUT2D eigenvalue weighted by Crippen LogP contribution is 2.32. The summed E-state index contributed by atoms with van der Waals surface area (Å²) >= 11 is 0. The fourth-order valence-corrected chi connectivity index (χ4v) is 3.51. The zero-order valence-electron chi connectivity index (χ0n) is 12.8. The van der Waals surface area contributed by atoms with E-state index in [1.54, 1.807) is 0 Å². The van der Waals surface area contributed by atoms with E-state index in [0.29, 0.717) is 13.1 Å². The molecule has 0 saturated carbocycles. The van der Waals surface area contributed by atoms with Gasteiger partial charge in [-0.25, -0.2) is 0 Å². The summed E-state index contributed by atoms with van der Waals surface area (Å²) in [5, 5.41) is 10.5. The number of para-hydroxylation sites is 2. The second-order valence-corrected chi connectivity index (χ2v) is 5.76. The first kappa shape index (κ1) is 14.0. The Morgan fingerprint density at radius 3 is 2.52 bits per heavy atom. The zero-order valence-corrected chi connectivity index (χ0v) is 12.8. The van der Waals surface area contributed by atoms with Crippen molar-refractivity contribution in [1.29, 1.82) is 0 Å². The second kappa shape index (κ2) is 5.56. The molecule has 0 bridgehead atoms. The first-order valence-electron chi connectivity index (χ1n) is 7.89. The summed E-state index contributed by atoms with van der Waals surface area (Å²) in [6.45, 7) is 1.14. The van der Waals surface area contributed by atoms with Crippen molar-refractivity contribution in [3.63, 3.8) is 0 Å². The molecule has 2 aromatic carbocycles. The van der Waals surface area contributed by atoms with Crippen LogP contribution in [0.1, 0.15) is 16.1 Å². The van der Waals surface area contributed by atoms with Crippen molar-refractivity contribution < 1.29 is 9.90 Å². The maximum Gasteiger partial charge on any atom is 0.275 e. The molecule has 4 heteroatoms. The van der Waals surface area contributed by atoms with Gasteiger partial charge in [0.2, 0.25) is 0 Å². The topological polar surface area (TPSA) is 45.5 Å². The van der Waals surface area contributed by atoms with E-state index in [2.05, 4.69) is 6.07 Å². The van der Waals surface area contributed by atoms with Crippen LogP contribution >= 0.6 is 0 Å². The number of carbonyl (C=O) groups is 1. The normalized spacial score (nSPS) is 14.3. The van der Waals surface area contributed by atoms with Crippen LogP contribution in [0.4, 0.5) is 5.69 Å². The molecule has 0 aliphatic carbocycles. The van der Waals surface area contributed by atoms with Gasteiger partial charge in [0.25, 0.3) is 5.91 Å². The number of amides is 1. The molecule has 0 spiro atoms. The number of nitrogens with zero attached hydrogens (tertiary/aromatic N) is 2. The van der Waals surface area contributed by atoms with Gasteiger partial charge in [-0.05, 0) is 30.2 Å². The summed E-state index contributed by atoms with van der Waals surface area (Å²) in [7, 11) is 0. The summed E-state index contributed by atoms with van der Waals surface area (Å²) in [4.78, 5) is 14.9. The van der Waals surface area contributed by atoms with Crippen LogP contribution in [-0.2, 0) is 13.0 Å². The molecule has 1 aliphatic heterocycles. The Morgan fingerprint density at radius 1 is 1.00 bits per heavy atom. The molecule has 4 rings (SSSR count). The van der Waals surface area contributed by atoms with Crippen LogP contribution in [0.5, 0.6) is 0 Å². The number of hydrogen-bond acceptors (Lipinski definition) is 2. The summed E-state index contributed by atoms with van der Waals surface area (Å²) < 4.78 is 1.96. The highest BCUT2D eigenvalue weighted by molar-refractivity contribution is 6.11. The largest absolute Gasteiger partial charge is 0.395 e. The van der Waals surface area contributed by atoms with Crippen molar-refractivity contribution in [1.82, 2.24) is 4.57 Å². The molecule has 0 radical (unpaired) electrons. The molecule has 1 N–H and O–H groups in total. The SMILES string of the molecule is O=C1c2c(c3ccccc3n2CCO)CCN1c1ccccc1. The van der Waals surface area contributed by atoms with E-state index in [9.17, 15) is 9.90 Å². The summed E-state index contributed by atoms with van der Waals surface area (Å²) in [6.07, 6.45) is 0.828. The third-order valence-corrected chi connectivity index (χ3v) is 4.50. The molecular weight excluding hydrogens is 288 g/mol. The van der Waals surface area contributed by atoms with Gasteiger partial charge in [-0.2, -0.15) is 0 Å². The molecule has 0 unspecified atom stereocenters. The Bertz CT molecular complexity index is 868. The van der Waals surface area contributed by atoms with Gasteiger partial charge in [0.1, 0.15) is 5.69 Å². The van der Waals surface area contributed by atoms with Gasteiger partial charge in [0, 0.05) is 29.7 Å². The third-order valence-electron chi connectivity index (χ3n) is 4.50. The zero-order chi connectivity index (χ0) is 15.8. The van der Waals surface area contributed by atoms with E-state index >= 15 is 0 Å². The van der Waals surface area contributed by atoms with Crippen molar-refractivity contribution in [2.24, 2.45) is 0 Å². The van der Waals surface area contributed by atoms with E-state index in [1.807, 2.05) is 58.0 Å². The van der Waals surface area contributed by atoms with Crippen LogP contribution in [0.3, 0.4) is 0 Å². The number of benzene rings is 2. The number of aliphatic hydroxyl groups is 1. The fourth-order valence-electron chi connectivity index (χ4n) is 3.51. The number of aromatic nitrogens is 1. The van der Waals surface area contributed by atoms with Gasteiger partial charge < -0.3 is 14.6 Å². The molecule has 4 nitrogen and oxygen atoms in total. The Hall–Kier alpha value is -2.59. The number of hydrogen-bond donors (Lipinski definition) is 1. The van der Waals surface area contributed by atoms with Crippen LogP contribution in [-0.4, -0.2) is 28.7 Å². The molecule has 0 atom stereocenters. The molecule has 0 fully saturated rings. The molecule has 3 aromatic rings. The van der Waals surface area contributed by atoms with E-state index in [0.717, 1.165) is 34.3 Å². The predicted octanol–water partition coefficient (Wildman–Crippen LogP) is 2.84. The van der Waals surface area contributed by atoms with Crippen molar-refractivity contribution in [3.8, 4) is 0 Å². The average Bonchev–Trinajstić information content (AvgIpc) is 2.92. The Morgan fingerprint density at radius 2 is 1.74 bits per heavy atom. The minimum atomic E-state index is 0.0158. The Balaban J connectivity index is 1.89. The standard InChI is InChI=1S/C19H18N2O2/c22-13-12-21-17-9-5-4-8-15(17)16-10-11-20(19(23)18(16)21)14-6-2-1-3-7-14/h1-9,22H,10-13H2. The van der Waals surface area contributed by atoms with E-state index in [-0.39, 0.29) is 12.5 Å². The van der Waals surface area contributed by atoms with Crippen molar-refractivity contribution >= 4 is 22.5 Å². The Labute approximate surface area is 134 Å². The molecule has 1 aromatic heterocycles. The van der Waals surface area contributed by atoms with E-state index in [1.165, 1.54) is 0 Å². The van der Waals surface area contributed by atoms with Crippen molar-refractivity contribution in [3.05, 3.63) is 65.9 Å². The number of anilines is 1. The summed E-state index contributed by atoms with van der Waals surface area (Å²) in [5.41, 5.74) is 3.76. The Kier molecular flexibility index (Phi) is 3.39. The quantitative estimate of drug-likeness (QED) is 0.809. The summed E-state index contributed by atoms with van der Waals surface area (Å²) in [5.74, 6) is 0.0158. The van der Waals surface area contributed by atoms with Crippen LogP contribution < -0.4 is 4.90 Å². The van der Waals surface area contributed by atoms with E-state index in [4.69, 9.17) is 0 Å². The first-order valence-corrected chi connectivity index (χ1v) is 7.89. The van der Waals surface area contributed by atoms with Crippen LogP contribution in [0.15, 0.2) is 54.6 Å². The fraction of sp³-hybridized carbons (Fsp3) is 0.211. The molecule has 1 amide bonds. The van der Waals surface area contributed by atoms with Gasteiger partial charge in [-0.1, -0.05) is 36.4 Å². The molecule has 1 aliphatic rings. The van der Waals surface area contributed by atoms with Gasteiger partial charge in [0.15, 0.2) is 0 Å². The van der Waals surface area contributed by atoms with Crippen LogP contribution in [0.2, 0.25) is 0 Å². The molecule has 2 heterocycles. The predicted molar refractivity (Wildman–Crippen MR) is 90.8 cm³/mol. The third kappa shape index (κ3) is 2.14. The number of rotatable bonds is 3. The minimum Gasteiger partial charge on any atom is -0.395 e. The number of aliphatic hydroxyl groups excluding tert-OH is 1. The molecule has 116 valence electrons. The van der Waals surface area contributed by atoms with Gasteiger partial charge >= 0.3 is 0 Å². The monoisotopic (exact) mass is 306 g/mol. The highest BCUT2D eigenvalue weighted by atomic mass is 16.3. The van der Waals surface area contributed by atoms with Gasteiger partial charge in [0.05, 0.1) is 6.61 Å². The lowest BCUT2D eigenvalue weighted by molar-refractivity contribution is 0.0970. The van der Waals surface area contributed by atoms with Crippen LogP contribution in [0.25, 0.3) is 10.9 Å². The van der Waals surface area contributed by atoms with E-state index < -0.39 is 0 Å². The maximum atomic E-state index is 13.1. The lowest BCUT2D eigenvalue weighted by Crippen LogP contribution is -2.38. The smallest absolute Gasteiger partial charge is 0.275 e. The number of carbonyl (C=O) groups excluding carboxylic acids is 1. The van der Waals surface area contributed by atoms with Gasteiger partial charge in [-0.3, -0.25) is 4.79 Å². The molecule has 23 heavy (non-hydrogen) atoms. The molecule has 0 saturated heterocycles. The molecular formula is C19H18N2O2. The van der Waals surface area contributed by atoms with Crippen molar-refractivity contribution in [2.75, 3.05) is 18.1 Å². The first-order chi connectivity index (χ1) is 11.3. The minimum absolute atomic E-state index is 0.0158. The summed E-state index contributed by atoms with van der Waals surface area (Å²) in [6, 6.07) is 17.8. The second-order valence-electron chi connectivity index (χ2n) is 5.76. The van der Waals surface area contributed by atoms with Gasteiger partial charge in [-0.15, -0.1) is 0 Å². The lowest BCUT2D eigenvalue weighted by Gasteiger charge is -2.28. The van der Waals surface area contributed by atoms with Crippen LogP contribution in [0, 0.1) is 0 Å². The average molecular weight is 306 g/mol. The lowest BCUT2D eigenvalue weighted by atomic mass is 10.0.